The molecule has 1 saturated heterocycles. The molecule has 0 spiro atoms. The third-order valence-electron chi connectivity index (χ3n) is 4.81. The molecule has 0 aliphatic carbocycles. The van der Waals surface area contributed by atoms with Crippen LogP contribution in [0.1, 0.15) is 27.7 Å². The first-order valence-electron chi connectivity index (χ1n) is 7.40. The number of fused-ring (bicyclic) bond motifs is 1. The molecule has 1 amide bonds. The molecule has 5 heteroatoms. The molecule has 0 aromatic carbocycles. The zero-order valence-corrected chi connectivity index (χ0v) is 16.2. The van der Waals surface area contributed by atoms with Gasteiger partial charge in [0.25, 0.3) is 0 Å². The molecule has 2 rings (SSSR count). The minimum atomic E-state index is -1.79. The molecular formula is C15H27NO2SeSi. The van der Waals surface area contributed by atoms with Crippen molar-refractivity contribution in [3.8, 4) is 0 Å². The summed E-state index contributed by atoms with van der Waals surface area (Å²) >= 11 is 0.497. The predicted molar refractivity (Wildman–Crippen MR) is 86.4 cm³/mol. The number of allylic oxidation sites excluding steroid dienone is 1. The Hall–Kier alpha value is -0.0936. The first-order valence-corrected chi connectivity index (χ1v) is 12.5. The zero-order valence-electron chi connectivity index (χ0n) is 13.5. The summed E-state index contributed by atoms with van der Waals surface area (Å²) < 4.78 is 6.45. The van der Waals surface area contributed by atoms with Gasteiger partial charge in [-0.3, -0.25) is 0 Å². The molecular weight excluding hydrogens is 333 g/mol. The minimum absolute atomic E-state index is 0.0598. The molecule has 114 valence electrons. The number of amides is 1. The van der Waals surface area contributed by atoms with Gasteiger partial charge in [-0.05, 0) is 0 Å². The van der Waals surface area contributed by atoms with Gasteiger partial charge in [0.1, 0.15) is 0 Å². The Morgan fingerprint density at radius 3 is 2.65 bits per heavy atom. The van der Waals surface area contributed by atoms with Crippen LogP contribution in [0, 0.1) is 5.92 Å². The Labute approximate surface area is 130 Å². The molecule has 0 radical (unpaired) electrons. The van der Waals surface area contributed by atoms with E-state index in [4.69, 9.17) is 4.43 Å². The Kier molecular flexibility index (Phi) is 4.56. The molecule has 1 fully saturated rings. The van der Waals surface area contributed by atoms with Crippen LogP contribution in [0.5, 0.6) is 0 Å². The molecule has 0 aromatic heterocycles. The van der Waals surface area contributed by atoms with Gasteiger partial charge in [0, 0.05) is 0 Å². The number of carbonyl (C=O) groups excluding carboxylic acids is 1. The average Bonchev–Trinajstić information content (AvgIpc) is 2.49. The summed E-state index contributed by atoms with van der Waals surface area (Å²) in [4.78, 5) is 14.9. The summed E-state index contributed by atoms with van der Waals surface area (Å²) in [6.45, 7) is 14.2. The van der Waals surface area contributed by atoms with E-state index in [1.807, 2.05) is 4.90 Å². The van der Waals surface area contributed by atoms with E-state index in [1.165, 1.54) is 0 Å². The second-order valence-corrected chi connectivity index (χ2v) is 14.5. The molecule has 0 saturated carbocycles. The van der Waals surface area contributed by atoms with E-state index in [1.54, 1.807) is 0 Å². The van der Waals surface area contributed by atoms with Crippen LogP contribution in [0.15, 0.2) is 12.2 Å². The molecule has 0 aromatic rings. The molecule has 3 nitrogen and oxygen atoms in total. The molecule has 0 N–H and O–H groups in total. The molecule has 20 heavy (non-hydrogen) atoms. The van der Waals surface area contributed by atoms with Gasteiger partial charge >= 0.3 is 130 Å². The van der Waals surface area contributed by atoms with Gasteiger partial charge in [0.15, 0.2) is 0 Å². The van der Waals surface area contributed by atoms with Crippen molar-refractivity contribution in [2.45, 2.75) is 62.2 Å². The van der Waals surface area contributed by atoms with Crippen LogP contribution in [0.25, 0.3) is 0 Å². The van der Waals surface area contributed by atoms with Gasteiger partial charge in [-0.15, -0.1) is 0 Å². The van der Waals surface area contributed by atoms with Crippen molar-refractivity contribution in [2.24, 2.45) is 5.92 Å². The average molecular weight is 360 g/mol. The summed E-state index contributed by atoms with van der Waals surface area (Å²) in [6.07, 6.45) is 4.42. The summed E-state index contributed by atoms with van der Waals surface area (Å²) in [5.74, 6) is 0.402. The molecule has 0 bridgehead atoms. The van der Waals surface area contributed by atoms with Gasteiger partial charge in [-0.2, -0.15) is 0 Å². The van der Waals surface area contributed by atoms with Crippen molar-refractivity contribution in [3.05, 3.63) is 12.2 Å². The molecule has 3 atom stereocenters. The van der Waals surface area contributed by atoms with E-state index in [-0.39, 0.29) is 17.1 Å². The number of hydrogen-bond acceptors (Lipinski definition) is 2. The molecule has 2 aliphatic rings. The maximum absolute atomic E-state index is 12.4. The number of β-lactam (4-membered cyclic amide) rings is 1. The summed E-state index contributed by atoms with van der Waals surface area (Å²) in [7, 11) is -1.79. The predicted octanol–water partition coefficient (Wildman–Crippen LogP) is 2.87. The fourth-order valence-electron chi connectivity index (χ4n) is 2.50. The van der Waals surface area contributed by atoms with E-state index < -0.39 is 8.32 Å². The Balaban J connectivity index is 2.04. The standard InChI is InChI=1S/C15H27NO2SeSi/c1-11(18-20(5,6)15(2,3)4)12-13(17)16-9-7-8-10-19-14(12)16/h7-8,11-12,14H,9-10H2,1-6H3/t11-,12+,14-/m1/s1. The van der Waals surface area contributed by atoms with E-state index in [0.717, 1.165) is 11.9 Å². The van der Waals surface area contributed by atoms with Crippen LogP contribution >= 0.6 is 0 Å². The number of nitrogens with zero attached hydrogens (tertiary/aromatic N) is 1. The maximum atomic E-state index is 12.4. The van der Waals surface area contributed by atoms with Crippen molar-refractivity contribution in [1.29, 1.82) is 0 Å². The Bertz CT molecular complexity index is 417. The van der Waals surface area contributed by atoms with Gasteiger partial charge in [-0.25, -0.2) is 0 Å². The van der Waals surface area contributed by atoms with Crippen LogP contribution in [0.2, 0.25) is 23.5 Å². The van der Waals surface area contributed by atoms with Gasteiger partial charge in [0.2, 0.25) is 0 Å². The van der Waals surface area contributed by atoms with Gasteiger partial charge in [-0.1, -0.05) is 0 Å². The number of hydrogen-bond donors (Lipinski definition) is 0. The topological polar surface area (TPSA) is 29.5 Å². The van der Waals surface area contributed by atoms with Gasteiger partial charge < -0.3 is 0 Å². The van der Waals surface area contributed by atoms with Crippen LogP contribution in [0.4, 0.5) is 0 Å². The van der Waals surface area contributed by atoms with Crippen molar-refractivity contribution in [1.82, 2.24) is 4.90 Å². The van der Waals surface area contributed by atoms with Crippen LogP contribution in [-0.4, -0.2) is 51.7 Å². The molecule has 2 heterocycles. The summed E-state index contributed by atoms with van der Waals surface area (Å²) in [5.41, 5.74) is 0. The van der Waals surface area contributed by atoms with Crippen LogP contribution < -0.4 is 0 Å². The summed E-state index contributed by atoms with van der Waals surface area (Å²) in [6, 6.07) is 0. The van der Waals surface area contributed by atoms with Crippen molar-refractivity contribution >= 4 is 29.2 Å². The number of carbonyl (C=O) groups is 1. The van der Waals surface area contributed by atoms with E-state index in [2.05, 4.69) is 52.9 Å². The number of rotatable bonds is 3. The third kappa shape index (κ3) is 2.91. The Morgan fingerprint density at radius 2 is 2.05 bits per heavy atom. The quantitative estimate of drug-likeness (QED) is 0.440. The first kappa shape index (κ1) is 16.3. The second kappa shape index (κ2) is 5.60. The fourth-order valence-corrected chi connectivity index (χ4v) is 6.78. The SMILES string of the molecule is C[C@@H](O[Si](C)(C)C(C)(C)C)[C@H]1C(=O)N2CC=CC[Se][C@H]12. The van der Waals surface area contributed by atoms with E-state index >= 15 is 0 Å². The Morgan fingerprint density at radius 1 is 1.40 bits per heavy atom. The van der Waals surface area contributed by atoms with Crippen LogP contribution in [-0.2, 0) is 9.22 Å². The van der Waals surface area contributed by atoms with Crippen molar-refractivity contribution < 1.29 is 9.22 Å². The zero-order chi connectivity index (χ0) is 15.1. The second-order valence-electron chi connectivity index (χ2n) is 7.29. The van der Waals surface area contributed by atoms with E-state index in [9.17, 15) is 4.79 Å². The van der Waals surface area contributed by atoms with Crippen LogP contribution in [0.3, 0.4) is 0 Å². The monoisotopic (exact) mass is 361 g/mol. The molecule has 0 unspecified atom stereocenters. The first-order chi connectivity index (χ1) is 9.15. The third-order valence-corrected chi connectivity index (χ3v) is 12.1. The van der Waals surface area contributed by atoms with E-state index in [0.29, 0.717) is 25.8 Å². The normalized spacial score (nSPS) is 28.7. The van der Waals surface area contributed by atoms with Crippen molar-refractivity contribution in [3.63, 3.8) is 0 Å². The summed E-state index contributed by atoms with van der Waals surface area (Å²) in [5, 5.41) is 1.34. The molecule has 2 aliphatic heterocycles. The van der Waals surface area contributed by atoms with Crippen molar-refractivity contribution in [2.75, 3.05) is 6.54 Å². The fraction of sp³-hybridized carbons (Fsp3) is 0.800. The van der Waals surface area contributed by atoms with Gasteiger partial charge in [0.05, 0.1) is 0 Å².